The average Bonchev–Trinajstić information content (AvgIpc) is 2.21. The number of hydrogen-bond acceptors (Lipinski definition) is 2. The highest BCUT2D eigenvalue weighted by molar-refractivity contribution is 5.75. The van der Waals surface area contributed by atoms with Gasteiger partial charge < -0.3 is 0 Å². The minimum Gasteiger partial charge on any atom is -0.255 e. The van der Waals surface area contributed by atoms with Crippen molar-refractivity contribution in [2.45, 2.75) is 0 Å². The summed E-state index contributed by atoms with van der Waals surface area (Å²) in [7, 11) is 0. The van der Waals surface area contributed by atoms with E-state index in [1.807, 2.05) is 36.4 Å². The van der Waals surface area contributed by atoms with E-state index in [0.29, 0.717) is 0 Å². The lowest BCUT2D eigenvalue weighted by molar-refractivity contribution is 1.25. The van der Waals surface area contributed by atoms with Crippen molar-refractivity contribution in [2.75, 3.05) is 0 Å². The van der Waals surface area contributed by atoms with Crippen molar-refractivity contribution in [2.24, 2.45) is 0 Å². The maximum absolute atomic E-state index is 4.19. The summed E-state index contributed by atoms with van der Waals surface area (Å²) < 4.78 is 0. The van der Waals surface area contributed by atoms with Gasteiger partial charge in [0.15, 0.2) is 0 Å². The number of hydrogen-bond donors (Lipinski definition) is 0. The Morgan fingerprint density at radius 1 is 0.692 bits per heavy atom. The summed E-state index contributed by atoms with van der Waals surface area (Å²) in [5.74, 6) is 0. The molecule has 0 fully saturated rings. The molecule has 0 spiro atoms. The molecule has 2 aromatic heterocycles. The van der Waals surface area contributed by atoms with E-state index in [2.05, 4.69) is 9.97 Å². The fraction of sp³-hybridized carbons (Fsp3) is 0. The summed E-state index contributed by atoms with van der Waals surface area (Å²) in [6, 6.07) is 11.6. The quantitative estimate of drug-likeness (QED) is 0.629. The van der Waals surface area contributed by atoms with Gasteiger partial charge in [0, 0.05) is 29.8 Å². The molecule has 0 atom stereocenters. The van der Waals surface area contributed by atoms with Gasteiger partial charge in [-0.15, -0.1) is 0 Å². The molecule has 61 valence electrons. The van der Waals surface area contributed by atoms with E-state index < -0.39 is 0 Å². The Hall–Kier alpha value is -1.17. The molecule has 0 saturated carbocycles. The molecule has 0 unspecified atom stereocenters. The molecule has 0 aliphatic heterocycles. The fourth-order valence-electron chi connectivity index (χ4n) is 1.03. The summed E-state index contributed by atoms with van der Waals surface area (Å²) in [6.07, 6.45) is 3.54. The average molecular weight is 183 g/mol. The largest absolute Gasteiger partial charge is 0.255 e. The highest BCUT2D eigenvalue weighted by atomic mass is 27.0. The van der Waals surface area contributed by atoms with E-state index in [-0.39, 0.29) is 17.4 Å². The smallest absolute Gasteiger partial charge is 0.0886 e. The molecule has 13 heavy (non-hydrogen) atoms. The van der Waals surface area contributed by atoms with E-state index in [1.165, 1.54) is 0 Å². The topological polar surface area (TPSA) is 25.8 Å². The molecule has 2 aromatic rings. The van der Waals surface area contributed by atoms with Gasteiger partial charge in [-0.3, -0.25) is 9.97 Å². The predicted molar refractivity (Wildman–Crippen MR) is 53.2 cm³/mol. The zero-order chi connectivity index (χ0) is 8.23. The molecule has 0 aliphatic carbocycles. The predicted octanol–water partition coefficient (Wildman–Crippen LogP) is 1.76. The van der Waals surface area contributed by atoms with Crippen LogP contribution in [0.5, 0.6) is 0 Å². The van der Waals surface area contributed by atoms with Crippen molar-refractivity contribution in [3.63, 3.8) is 0 Å². The van der Waals surface area contributed by atoms with Crippen molar-refractivity contribution >= 4 is 17.4 Å². The molecule has 2 rings (SSSR count). The van der Waals surface area contributed by atoms with E-state index in [4.69, 9.17) is 0 Å². The molecular weight excluding hydrogens is 175 g/mol. The first kappa shape index (κ1) is 9.92. The Balaban J connectivity index is 0.000000845. The first-order valence-corrected chi connectivity index (χ1v) is 3.79. The van der Waals surface area contributed by atoms with Crippen LogP contribution in [0.15, 0.2) is 48.8 Å². The second-order valence-corrected chi connectivity index (χ2v) is 2.43. The van der Waals surface area contributed by atoms with Crippen LogP contribution in [0.2, 0.25) is 0 Å². The molecule has 0 amide bonds. The number of pyridine rings is 2. The number of aromatic nitrogens is 2. The van der Waals surface area contributed by atoms with E-state index in [0.717, 1.165) is 11.4 Å². The van der Waals surface area contributed by atoms with Crippen molar-refractivity contribution in [1.29, 1.82) is 0 Å². The minimum absolute atomic E-state index is 0. The van der Waals surface area contributed by atoms with E-state index >= 15 is 0 Å². The molecular formula is C10H8AlN2. The molecule has 2 heterocycles. The van der Waals surface area contributed by atoms with Gasteiger partial charge in [0.2, 0.25) is 0 Å². The molecule has 0 aromatic carbocycles. The summed E-state index contributed by atoms with van der Waals surface area (Å²) in [6.45, 7) is 0. The minimum atomic E-state index is 0. The van der Waals surface area contributed by atoms with Crippen molar-refractivity contribution in [3.8, 4) is 11.4 Å². The van der Waals surface area contributed by atoms with Crippen LogP contribution < -0.4 is 0 Å². The van der Waals surface area contributed by atoms with Crippen LogP contribution in [-0.2, 0) is 0 Å². The lowest BCUT2D eigenvalue weighted by atomic mass is 10.2. The number of rotatable bonds is 1. The van der Waals surface area contributed by atoms with Crippen LogP contribution in [0.4, 0.5) is 0 Å². The second-order valence-electron chi connectivity index (χ2n) is 2.43. The lowest BCUT2D eigenvalue weighted by Crippen LogP contribution is -1.83. The Morgan fingerprint density at radius 3 is 1.46 bits per heavy atom. The Morgan fingerprint density at radius 2 is 1.15 bits per heavy atom. The van der Waals surface area contributed by atoms with Crippen molar-refractivity contribution in [3.05, 3.63) is 48.8 Å². The third kappa shape index (κ3) is 2.38. The summed E-state index contributed by atoms with van der Waals surface area (Å²) in [5, 5.41) is 0. The molecule has 0 bridgehead atoms. The fourth-order valence-corrected chi connectivity index (χ4v) is 1.03. The SMILES string of the molecule is [Al].c1ccc(-c2ccccn2)nc1. The van der Waals surface area contributed by atoms with Gasteiger partial charge >= 0.3 is 0 Å². The third-order valence-electron chi connectivity index (χ3n) is 1.59. The van der Waals surface area contributed by atoms with Crippen LogP contribution in [-0.4, -0.2) is 27.3 Å². The summed E-state index contributed by atoms with van der Waals surface area (Å²) in [5.41, 5.74) is 1.83. The maximum Gasteiger partial charge on any atom is 0.0886 e. The van der Waals surface area contributed by atoms with Gasteiger partial charge in [-0.2, -0.15) is 0 Å². The maximum atomic E-state index is 4.19. The Kier molecular flexibility index (Phi) is 3.63. The van der Waals surface area contributed by atoms with Gasteiger partial charge in [0.25, 0.3) is 0 Å². The van der Waals surface area contributed by atoms with Gasteiger partial charge in [0.1, 0.15) is 0 Å². The van der Waals surface area contributed by atoms with Crippen LogP contribution in [0.25, 0.3) is 11.4 Å². The van der Waals surface area contributed by atoms with Crippen LogP contribution in [0.3, 0.4) is 0 Å². The Labute approximate surface area is 87.8 Å². The Bertz CT molecular complexity index is 310. The highest BCUT2D eigenvalue weighted by Crippen LogP contribution is 2.10. The zero-order valence-corrected chi connectivity index (χ0v) is 8.25. The zero-order valence-electron chi connectivity index (χ0n) is 7.09. The van der Waals surface area contributed by atoms with E-state index in [1.54, 1.807) is 12.4 Å². The standard InChI is InChI=1S/C10H8N2.Al/c1-3-7-11-9(5-1)10-6-2-4-8-12-10;/h1-8H;. The monoisotopic (exact) mass is 183 g/mol. The van der Waals surface area contributed by atoms with Gasteiger partial charge in [-0.1, -0.05) is 12.1 Å². The summed E-state index contributed by atoms with van der Waals surface area (Å²) in [4.78, 5) is 8.37. The molecule has 3 radical (unpaired) electrons. The highest BCUT2D eigenvalue weighted by Gasteiger charge is 1.95. The van der Waals surface area contributed by atoms with E-state index in [9.17, 15) is 0 Å². The summed E-state index contributed by atoms with van der Waals surface area (Å²) >= 11 is 0. The molecule has 0 aliphatic rings. The van der Waals surface area contributed by atoms with Crippen LogP contribution in [0.1, 0.15) is 0 Å². The van der Waals surface area contributed by atoms with Gasteiger partial charge in [-0.05, 0) is 24.3 Å². The molecule has 3 heteroatoms. The first-order chi connectivity index (χ1) is 5.97. The number of nitrogens with zero attached hydrogens (tertiary/aromatic N) is 2. The third-order valence-corrected chi connectivity index (χ3v) is 1.59. The molecule has 0 saturated heterocycles. The van der Waals surface area contributed by atoms with Gasteiger partial charge in [0.05, 0.1) is 11.4 Å². The molecule has 2 nitrogen and oxygen atoms in total. The van der Waals surface area contributed by atoms with Gasteiger partial charge in [-0.25, -0.2) is 0 Å². The second kappa shape index (κ2) is 4.76. The van der Waals surface area contributed by atoms with Crippen LogP contribution in [0, 0.1) is 0 Å². The molecule has 0 N–H and O–H groups in total. The lowest BCUT2D eigenvalue weighted by Gasteiger charge is -1.96. The van der Waals surface area contributed by atoms with Crippen molar-refractivity contribution < 1.29 is 0 Å². The normalized spacial score (nSPS) is 8.92. The van der Waals surface area contributed by atoms with Crippen molar-refractivity contribution in [1.82, 2.24) is 9.97 Å². The first-order valence-electron chi connectivity index (χ1n) is 3.79. The van der Waals surface area contributed by atoms with Crippen LogP contribution >= 0.6 is 0 Å².